The number of nitrogens with one attached hydrogen (secondary N) is 2. The summed E-state index contributed by atoms with van der Waals surface area (Å²) in [5, 5.41) is 29.9. The zero-order valence-corrected chi connectivity index (χ0v) is 29.5. The number of amides is 4. The van der Waals surface area contributed by atoms with Gasteiger partial charge in [-0.25, -0.2) is 13.2 Å². The maximum atomic E-state index is 14.3. The van der Waals surface area contributed by atoms with Gasteiger partial charge in [0.25, 0.3) is 0 Å². The Morgan fingerprint density at radius 2 is 1.80 bits per heavy atom. The van der Waals surface area contributed by atoms with Crippen molar-refractivity contribution in [2.45, 2.75) is 68.9 Å². The van der Waals surface area contributed by atoms with E-state index in [2.05, 4.69) is 10.6 Å². The van der Waals surface area contributed by atoms with E-state index in [4.69, 9.17) is 19.9 Å². The Labute approximate surface area is 293 Å². The number of primary amides is 1. The van der Waals surface area contributed by atoms with Crippen LogP contribution in [0.15, 0.2) is 59.5 Å². The molecule has 276 valence electrons. The van der Waals surface area contributed by atoms with Crippen molar-refractivity contribution in [3.8, 4) is 5.75 Å². The number of aliphatic hydroxyl groups excluding tert-OH is 1. The molecule has 5 N–H and O–H groups in total. The second-order valence-electron chi connectivity index (χ2n) is 13.4. The number of carbonyl (C=O) groups is 3. The van der Waals surface area contributed by atoms with E-state index >= 15 is 0 Å². The van der Waals surface area contributed by atoms with Gasteiger partial charge in [0.2, 0.25) is 15.9 Å². The number of aliphatic hydroxyl groups is 1. The summed E-state index contributed by atoms with van der Waals surface area (Å²) in [4.78, 5) is 36.8. The first-order valence-electron chi connectivity index (χ1n) is 16.6. The summed E-state index contributed by atoms with van der Waals surface area (Å²) in [6.07, 6.45) is -1.94. The molecule has 4 rings (SSSR count). The molecular formula is C34H48N5O10S-. The van der Waals surface area contributed by atoms with Crippen LogP contribution in [0.2, 0.25) is 0 Å². The van der Waals surface area contributed by atoms with Crippen molar-refractivity contribution in [1.29, 1.82) is 0 Å². The van der Waals surface area contributed by atoms with Gasteiger partial charge in [-0.05, 0) is 60.9 Å². The van der Waals surface area contributed by atoms with Crippen LogP contribution in [0.4, 0.5) is 9.59 Å². The molecule has 0 unspecified atom stereocenters. The third kappa shape index (κ3) is 10.3. The molecule has 0 aliphatic carbocycles. The molecule has 16 heteroatoms. The average molecular weight is 719 g/mol. The lowest BCUT2D eigenvalue weighted by atomic mass is 9.87. The topological polar surface area (TPSA) is 213 Å². The van der Waals surface area contributed by atoms with Crippen LogP contribution in [0.5, 0.6) is 5.75 Å². The molecule has 2 aromatic carbocycles. The third-order valence-corrected chi connectivity index (χ3v) is 10.9. The van der Waals surface area contributed by atoms with Crippen LogP contribution >= 0.6 is 0 Å². The van der Waals surface area contributed by atoms with Crippen LogP contribution in [-0.2, 0) is 30.7 Å². The Morgan fingerprint density at radius 3 is 2.44 bits per heavy atom. The predicted octanol–water partition coefficient (Wildman–Crippen LogP) is 0.656. The van der Waals surface area contributed by atoms with E-state index in [1.807, 2.05) is 32.0 Å². The minimum atomic E-state index is -4.23. The molecule has 15 nitrogen and oxygen atoms in total. The molecule has 0 aromatic heterocycles. The van der Waals surface area contributed by atoms with E-state index in [0.29, 0.717) is 31.6 Å². The molecule has 2 heterocycles. The number of nitrogens with zero attached hydrogens (tertiary/aromatic N) is 2. The summed E-state index contributed by atoms with van der Waals surface area (Å²) in [5.74, 6) is -0.477. The molecule has 5 atom stereocenters. The van der Waals surface area contributed by atoms with Crippen LogP contribution in [-0.4, -0.2) is 112 Å². The van der Waals surface area contributed by atoms with E-state index in [1.54, 1.807) is 12.1 Å². The molecule has 2 aromatic rings. The molecule has 4 amide bonds. The molecule has 2 fully saturated rings. The fraction of sp³-hybridized carbons (Fsp3) is 0.559. The maximum absolute atomic E-state index is 14.3. The average Bonchev–Trinajstić information content (AvgIpc) is 3.70. The number of nitrogens with two attached hydrogens (primary N) is 1. The summed E-state index contributed by atoms with van der Waals surface area (Å²) in [6.45, 7) is 3.68. The van der Waals surface area contributed by atoms with Gasteiger partial charge in [0, 0.05) is 25.6 Å². The van der Waals surface area contributed by atoms with Crippen molar-refractivity contribution in [2.75, 3.05) is 46.5 Å². The molecule has 0 bridgehead atoms. The van der Waals surface area contributed by atoms with Crippen molar-refractivity contribution in [3.05, 3.63) is 60.2 Å². The van der Waals surface area contributed by atoms with E-state index in [0.717, 1.165) is 10.5 Å². The van der Waals surface area contributed by atoms with E-state index < -0.39 is 64.5 Å². The maximum Gasteiger partial charge on any atom is 0.315 e. The van der Waals surface area contributed by atoms with Gasteiger partial charge in [-0.3, -0.25) is 4.79 Å². The Balaban J connectivity index is 1.61. The van der Waals surface area contributed by atoms with Crippen molar-refractivity contribution >= 4 is 28.1 Å². The van der Waals surface area contributed by atoms with E-state index in [1.165, 1.54) is 35.7 Å². The van der Waals surface area contributed by atoms with Crippen LogP contribution in [0, 0.1) is 11.3 Å². The third-order valence-electron chi connectivity index (χ3n) is 9.10. The van der Waals surface area contributed by atoms with Crippen molar-refractivity contribution < 1.29 is 47.2 Å². The Hall–Kier alpha value is -3.96. The lowest BCUT2D eigenvalue weighted by molar-refractivity contribution is -0.273. The number of urea groups is 1. The number of methoxy groups -OCH3 is 1. The number of rotatable bonds is 18. The monoisotopic (exact) mass is 718 g/mol. The van der Waals surface area contributed by atoms with Crippen LogP contribution in [0.3, 0.4) is 0 Å². The molecule has 0 radical (unpaired) electrons. The van der Waals surface area contributed by atoms with Gasteiger partial charge in [-0.15, -0.1) is 0 Å². The molecule has 2 aliphatic rings. The Morgan fingerprint density at radius 1 is 1.10 bits per heavy atom. The lowest BCUT2D eigenvalue weighted by Crippen LogP contribution is -2.61. The van der Waals surface area contributed by atoms with Crippen molar-refractivity contribution in [3.63, 3.8) is 0 Å². The molecule has 2 aliphatic heterocycles. The largest absolute Gasteiger partial charge is 0.530 e. The fourth-order valence-corrected chi connectivity index (χ4v) is 8.20. The smallest absolute Gasteiger partial charge is 0.315 e. The Kier molecular flexibility index (Phi) is 13.4. The van der Waals surface area contributed by atoms with Crippen molar-refractivity contribution in [2.24, 2.45) is 17.1 Å². The predicted molar refractivity (Wildman–Crippen MR) is 180 cm³/mol. The summed E-state index contributed by atoms with van der Waals surface area (Å²) in [7, 11) is -2.76. The van der Waals surface area contributed by atoms with E-state index in [9.17, 15) is 33.0 Å². The number of sulfonamides is 1. The lowest BCUT2D eigenvalue weighted by Gasteiger charge is -2.43. The van der Waals surface area contributed by atoms with Gasteiger partial charge in [0.05, 0.1) is 50.0 Å². The number of benzene rings is 2. The summed E-state index contributed by atoms with van der Waals surface area (Å²) < 4.78 is 46.3. The van der Waals surface area contributed by atoms with Gasteiger partial charge in [0.15, 0.2) is 6.29 Å². The first-order valence-corrected chi connectivity index (χ1v) is 18.0. The van der Waals surface area contributed by atoms with Gasteiger partial charge in [-0.1, -0.05) is 44.2 Å². The number of hydrogen-bond donors (Lipinski definition) is 4. The minimum Gasteiger partial charge on any atom is -0.530 e. The number of ether oxygens (including phenoxy) is 3. The highest BCUT2D eigenvalue weighted by Gasteiger charge is 2.47. The second kappa shape index (κ2) is 17.3. The van der Waals surface area contributed by atoms with Gasteiger partial charge in [-0.2, -0.15) is 4.31 Å². The van der Waals surface area contributed by atoms with Crippen LogP contribution in [0.1, 0.15) is 38.7 Å². The SMILES string of the molecule is COc1ccc(S(=O)(=O)N(C[C@@H](O)[C@H](Cc2ccccc2)N(C(=O)[O-])[C@H]2CO[C@H]3OCC[C@H]32)CC(C)(C)CCCNC(=O)NCC(N)=O)cc1. The van der Waals surface area contributed by atoms with Gasteiger partial charge in [0.1, 0.15) is 11.8 Å². The quantitative estimate of drug-likeness (QED) is 0.158. The highest BCUT2D eigenvalue weighted by atomic mass is 32.2. The van der Waals surface area contributed by atoms with Crippen LogP contribution < -0.4 is 26.2 Å². The first-order chi connectivity index (χ1) is 23.7. The first kappa shape index (κ1) is 38.8. The minimum absolute atomic E-state index is 0.0272. The molecule has 50 heavy (non-hydrogen) atoms. The van der Waals surface area contributed by atoms with Crippen LogP contribution in [0.25, 0.3) is 0 Å². The standard InChI is InChI=1S/C34H49N5O10S/c1-34(2,15-7-16-36-32(42)37-19-30(35)41)22-38(50(45,46)25-12-10-24(47-3)11-13-25)20-29(40)27(18-23-8-5-4-6-9-23)39(33(43)44)28-21-49-31-26(28)14-17-48-31/h4-6,8-13,26-29,31,40H,7,14-22H2,1-3H3,(H2,35,41)(H,43,44)(H2,36,37,42)/p-1/t26-,27-,28-,29+,31+/m0/s1. The second-order valence-corrected chi connectivity index (χ2v) is 15.3. The highest BCUT2D eigenvalue weighted by molar-refractivity contribution is 7.89. The number of hydrogen-bond acceptors (Lipinski definition) is 10. The molecule has 0 spiro atoms. The summed E-state index contributed by atoms with van der Waals surface area (Å²) in [6, 6.07) is 12.6. The fourth-order valence-electron chi connectivity index (χ4n) is 6.55. The van der Waals surface area contributed by atoms with E-state index in [-0.39, 0.29) is 43.5 Å². The normalized spacial score (nSPS) is 20.1. The molecule has 0 saturated carbocycles. The Bertz CT molecular complexity index is 1540. The molecule has 2 saturated heterocycles. The van der Waals surface area contributed by atoms with Gasteiger partial charge < -0.3 is 50.5 Å². The van der Waals surface area contributed by atoms with Gasteiger partial charge >= 0.3 is 6.03 Å². The number of carboxylic acid groups (broad SMARTS) is 1. The number of fused-ring (bicyclic) bond motifs is 1. The highest BCUT2D eigenvalue weighted by Crippen LogP contribution is 2.36. The zero-order chi connectivity index (χ0) is 36.5. The molecular weight excluding hydrogens is 670 g/mol. The summed E-state index contributed by atoms with van der Waals surface area (Å²) in [5.41, 5.74) is 5.14. The number of carbonyl (C=O) groups excluding carboxylic acids is 3. The summed E-state index contributed by atoms with van der Waals surface area (Å²) >= 11 is 0. The zero-order valence-electron chi connectivity index (χ0n) is 28.7. The van der Waals surface area contributed by atoms with Crippen molar-refractivity contribution in [1.82, 2.24) is 19.8 Å².